The summed E-state index contributed by atoms with van der Waals surface area (Å²) in [5.74, 6) is -0.331. The van der Waals surface area contributed by atoms with Gasteiger partial charge in [0.05, 0.1) is 12.1 Å². The molecule has 4 rings (SSSR count). The van der Waals surface area contributed by atoms with Crippen LogP contribution in [0, 0.1) is 0 Å². The Morgan fingerprint density at radius 2 is 1.81 bits per heavy atom. The number of piperidine rings is 1. The van der Waals surface area contributed by atoms with E-state index in [0.717, 1.165) is 23.6 Å². The Labute approximate surface area is 179 Å². The molecule has 3 aliphatic heterocycles. The smallest absolute Gasteiger partial charge is 0.338 e. The van der Waals surface area contributed by atoms with E-state index in [1.807, 2.05) is 6.92 Å². The maximum absolute atomic E-state index is 13.4. The number of aliphatic imine (C=N–C) groups is 1. The van der Waals surface area contributed by atoms with E-state index in [1.165, 1.54) is 6.07 Å². The van der Waals surface area contributed by atoms with E-state index >= 15 is 0 Å². The van der Waals surface area contributed by atoms with Crippen molar-refractivity contribution >= 4 is 17.5 Å². The summed E-state index contributed by atoms with van der Waals surface area (Å²) in [6.07, 6.45) is -2.25. The van der Waals surface area contributed by atoms with Crippen molar-refractivity contribution in [3.05, 3.63) is 46.5 Å². The third-order valence-corrected chi connectivity index (χ3v) is 6.52. The van der Waals surface area contributed by atoms with Crippen LogP contribution in [-0.2, 0) is 15.8 Å². The van der Waals surface area contributed by atoms with E-state index in [9.17, 15) is 22.8 Å². The zero-order valence-corrected chi connectivity index (χ0v) is 17.5. The zero-order chi connectivity index (χ0) is 22.2. The second-order valence-electron chi connectivity index (χ2n) is 8.32. The van der Waals surface area contributed by atoms with Crippen molar-refractivity contribution in [1.29, 1.82) is 0 Å². The summed E-state index contributed by atoms with van der Waals surface area (Å²) < 4.78 is 40.1. The summed E-state index contributed by atoms with van der Waals surface area (Å²) in [4.78, 5) is 33.2. The largest absolute Gasteiger partial charge is 0.416 e. The molecule has 166 valence electrons. The maximum atomic E-state index is 13.4. The van der Waals surface area contributed by atoms with E-state index < -0.39 is 11.7 Å². The normalized spacial score (nSPS) is 20.1. The average Bonchev–Trinajstić information content (AvgIpc) is 3.21. The van der Waals surface area contributed by atoms with Crippen LogP contribution in [0.5, 0.6) is 0 Å². The molecule has 8 heteroatoms. The Kier molecular flexibility index (Phi) is 5.90. The van der Waals surface area contributed by atoms with Crippen molar-refractivity contribution in [2.45, 2.75) is 44.7 Å². The van der Waals surface area contributed by atoms with Gasteiger partial charge in [-0.2, -0.15) is 13.2 Å². The third-order valence-electron chi connectivity index (χ3n) is 6.52. The van der Waals surface area contributed by atoms with Gasteiger partial charge in [-0.3, -0.25) is 14.6 Å². The van der Waals surface area contributed by atoms with Crippen LogP contribution in [0.1, 0.15) is 49.7 Å². The van der Waals surface area contributed by atoms with Gasteiger partial charge in [0.15, 0.2) is 0 Å². The molecule has 0 bridgehead atoms. The van der Waals surface area contributed by atoms with Gasteiger partial charge in [0.1, 0.15) is 5.71 Å². The molecule has 3 aliphatic rings. The summed E-state index contributed by atoms with van der Waals surface area (Å²) in [5, 5.41) is 0. The number of alkyl halides is 3. The van der Waals surface area contributed by atoms with Gasteiger partial charge in [-0.05, 0) is 42.4 Å². The fraction of sp³-hybridized carbons (Fsp3) is 0.522. The van der Waals surface area contributed by atoms with Crippen LogP contribution in [-0.4, -0.2) is 60.0 Å². The Balaban J connectivity index is 1.43. The molecular formula is C23H26F3N3O2. The van der Waals surface area contributed by atoms with Gasteiger partial charge in [-0.15, -0.1) is 0 Å². The molecule has 0 saturated carbocycles. The van der Waals surface area contributed by atoms with Crippen LogP contribution in [0.25, 0.3) is 0 Å². The first-order chi connectivity index (χ1) is 14.8. The third kappa shape index (κ3) is 4.25. The highest BCUT2D eigenvalue weighted by Crippen LogP contribution is 2.39. The molecule has 1 saturated heterocycles. The number of likely N-dealkylation sites (tertiary alicyclic amines) is 1. The molecule has 0 aromatic heterocycles. The first kappa shape index (κ1) is 21.6. The molecule has 5 nitrogen and oxygen atoms in total. The van der Waals surface area contributed by atoms with Crippen molar-refractivity contribution in [2.24, 2.45) is 4.99 Å². The number of amides is 2. The number of rotatable bonds is 3. The fourth-order valence-corrected chi connectivity index (χ4v) is 4.78. The van der Waals surface area contributed by atoms with Gasteiger partial charge in [0.2, 0.25) is 5.91 Å². The van der Waals surface area contributed by atoms with Crippen molar-refractivity contribution in [2.75, 3.05) is 32.7 Å². The standard InChI is InChI=1S/C23H26F3N3O2/c1-2-20(30)29-12-9-16-13-27-21(18(16)14-29)22(31)28-10-7-15(8-11-28)17-5-3-4-6-19(17)23(24,25)26/h3-6,15H,2,7-14H2,1H3. The van der Waals surface area contributed by atoms with Gasteiger partial charge in [0.25, 0.3) is 5.91 Å². The SMILES string of the molecule is CCC(=O)N1CCC2=C(C1)C(C(=O)N1CCC(c3ccccc3C(F)(F)F)CC1)=NC2. The lowest BCUT2D eigenvalue weighted by Gasteiger charge is -2.34. The summed E-state index contributed by atoms with van der Waals surface area (Å²) in [7, 11) is 0. The number of halogens is 3. The molecule has 2 amide bonds. The summed E-state index contributed by atoms with van der Waals surface area (Å²) in [6, 6.07) is 5.71. The number of carbonyl (C=O) groups excluding carboxylic acids is 2. The Morgan fingerprint density at radius 3 is 2.48 bits per heavy atom. The number of nitrogens with zero attached hydrogens (tertiary/aromatic N) is 3. The van der Waals surface area contributed by atoms with Gasteiger partial charge in [0, 0.05) is 38.2 Å². The number of hydrogen-bond acceptors (Lipinski definition) is 3. The van der Waals surface area contributed by atoms with E-state index in [-0.39, 0.29) is 17.7 Å². The number of benzene rings is 1. The van der Waals surface area contributed by atoms with Crippen molar-refractivity contribution in [3.63, 3.8) is 0 Å². The molecule has 1 aromatic carbocycles. The van der Waals surface area contributed by atoms with E-state index in [4.69, 9.17) is 0 Å². The lowest BCUT2D eigenvalue weighted by Crippen LogP contribution is -2.44. The second-order valence-corrected chi connectivity index (χ2v) is 8.32. The van der Waals surface area contributed by atoms with Crippen LogP contribution in [0.4, 0.5) is 13.2 Å². The molecule has 0 aliphatic carbocycles. The highest BCUT2D eigenvalue weighted by molar-refractivity contribution is 6.46. The van der Waals surface area contributed by atoms with Crippen LogP contribution in [0.2, 0.25) is 0 Å². The van der Waals surface area contributed by atoms with E-state index in [2.05, 4.69) is 4.99 Å². The fourth-order valence-electron chi connectivity index (χ4n) is 4.78. The molecule has 0 unspecified atom stereocenters. The van der Waals surface area contributed by atoms with Crippen LogP contribution < -0.4 is 0 Å². The van der Waals surface area contributed by atoms with Gasteiger partial charge in [-0.25, -0.2) is 0 Å². The Morgan fingerprint density at radius 1 is 1.10 bits per heavy atom. The molecule has 0 spiro atoms. The maximum Gasteiger partial charge on any atom is 0.416 e. The van der Waals surface area contributed by atoms with Crippen LogP contribution >= 0.6 is 0 Å². The van der Waals surface area contributed by atoms with Crippen LogP contribution in [0.3, 0.4) is 0 Å². The summed E-state index contributed by atoms with van der Waals surface area (Å²) in [6.45, 7) is 4.19. The molecule has 1 fully saturated rings. The highest BCUT2D eigenvalue weighted by atomic mass is 19.4. The van der Waals surface area contributed by atoms with Crippen molar-refractivity contribution in [3.8, 4) is 0 Å². The van der Waals surface area contributed by atoms with Gasteiger partial charge in [-0.1, -0.05) is 25.1 Å². The number of hydrogen-bond donors (Lipinski definition) is 0. The van der Waals surface area contributed by atoms with E-state index in [1.54, 1.807) is 21.9 Å². The van der Waals surface area contributed by atoms with E-state index in [0.29, 0.717) is 63.3 Å². The minimum atomic E-state index is -4.38. The first-order valence-electron chi connectivity index (χ1n) is 10.8. The highest BCUT2D eigenvalue weighted by Gasteiger charge is 2.38. The first-order valence-corrected chi connectivity index (χ1v) is 10.8. The molecular weight excluding hydrogens is 407 g/mol. The molecule has 0 N–H and O–H groups in total. The topological polar surface area (TPSA) is 53.0 Å². The molecule has 3 heterocycles. The zero-order valence-electron chi connectivity index (χ0n) is 17.5. The summed E-state index contributed by atoms with van der Waals surface area (Å²) >= 11 is 0. The van der Waals surface area contributed by atoms with Crippen molar-refractivity contribution in [1.82, 2.24) is 9.80 Å². The van der Waals surface area contributed by atoms with Crippen molar-refractivity contribution < 1.29 is 22.8 Å². The summed E-state index contributed by atoms with van der Waals surface area (Å²) in [5.41, 5.74) is 2.14. The quantitative estimate of drug-likeness (QED) is 0.728. The molecule has 1 aromatic rings. The molecule has 0 radical (unpaired) electrons. The van der Waals surface area contributed by atoms with Gasteiger partial charge < -0.3 is 9.80 Å². The molecule has 31 heavy (non-hydrogen) atoms. The minimum absolute atomic E-state index is 0.0643. The minimum Gasteiger partial charge on any atom is -0.338 e. The Bertz CT molecular complexity index is 944. The number of carbonyl (C=O) groups is 2. The average molecular weight is 433 g/mol. The monoisotopic (exact) mass is 433 g/mol. The van der Waals surface area contributed by atoms with Crippen LogP contribution in [0.15, 0.2) is 40.4 Å². The lowest BCUT2D eigenvalue weighted by molar-refractivity contribution is -0.138. The predicted octanol–water partition coefficient (Wildman–Crippen LogP) is 3.80. The Hall–Kier alpha value is -2.64. The lowest BCUT2D eigenvalue weighted by atomic mass is 9.86. The van der Waals surface area contributed by atoms with Gasteiger partial charge >= 0.3 is 6.18 Å². The predicted molar refractivity (Wildman–Crippen MR) is 111 cm³/mol. The second kappa shape index (κ2) is 8.48. The molecule has 0 atom stereocenters.